The van der Waals surface area contributed by atoms with Gasteiger partial charge >= 0.3 is 0 Å². The summed E-state index contributed by atoms with van der Waals surface area (Å²) in [6.45, 7) is 2.68. The molecule has 0 spiro atoms. The van der Waals surface area contributed by atoms with Gasteiger partial charge in [0.05, 0.1) is 12.1 Å². The second-order valence-corrected chi connectivity index (χ2v) is 6.16. The first-order valence-corrected chi connectivity index (χ1v) is 8.32. The van der Waals surface area contributed by atoms with E-state index in [2.05, 4.69) is 25.2 Å². The molecule has 2 N–H and O–H groups in total. The van der Waals surface area contributed by atoms with Gasteiger partial charge in [-0.25, -0.2) is 9.37 Å². The van der Waals surface area contributed by atoms with Crippen LogP contribution in [0, 0.1) is 5.82 Å². The highest BCUT2D eigenvalue weighted by Gasteiger charge is 2.17. The summed E-state index contributed by atoms with van der Waals surface area (Å²) >= 11 is 0. The molecule has 24 heavy (non-hydrogen) atoms. The first-order valence-electron chi connectivity index (χ1n) is 8.32. The van der Waals surface area contributed by atoms with Crippen molar-refractivity contribution in [2.24, 2.45) is 0 Å². The van der Waals surface area contributed by atoms with Gasteiger partial charge in [-0.3, -0.25) is 0 Å². The fraction of sp³-hybridized carbons (Fsp3) is 0.333. The highest BCUT2D eigenvalue weighted by atomic mass is 19.1. The minimum atomic E-state index is -0.219. The van der Waals surface area contributed by atoms with Gasteiger partial charge in [0.2, 0.25) is 5.95 Å². The summed E-state index contributed by atoms with van der Waals surface area (Å²) in [6.07, 6.45) is 3.91. The molecule has 0 unspecified atom stereocenters. The fourth-order valence-corrected chi connectivity index (χ4v) is 3.15. The number of hydrogen-bond acceptors (Lipinski definition) is 4. The smallest absolute Gasteiger partial charge is 0.205 e. The van der Waals surface area contributed by atoms with E-state index in [1.54, 1.807) is 6.20 Å². The van der Waals surface area contributed by atoms with Crippen molar-refractivity contribution in [2.75, 3.05) is 18.4 Å². The quantitative estimate of drug-likeness (QED) is 0.774. The summed E-state index contributed by atoms with van der Waals surface area (Å²) < 4.78 is 15.3. The van der Waals surface area contributed by atoms with Gasteiger partial charge in [-0.1, -0.05) is 12.1 Å². The molecule has 0 radical (unpaired) electrons. The summed E-state index contributed by atoms with van der Waals surface area (Å²) in [5.74, 6) is 0.615. The topological polar surface area (TPSA) is 54.8 Å². The second kappa shape index (κ2) is 6.57. The maximum Gasteiger partial charge on any atom is 0.205 e. The summed E-state index contributed by atoms with van der Waals surface area (Å²) in [6, 6.07) is 11.0. The molecule has 0 atom stereocenters. The van der Waals surface area contributed by atoms with Crippen LogP contribution in [0.5, 0.6) is 0 Å². The summed E-state index contributed by atoms with van der Waals surface area (Å²) in [7, 11) is 0. The predicted octanol–water partition coefficient (Wildman–Crippen LogP) is 2.78. The Morgan fingerprint density at radius 2 is 1.96 bits per heavy atom. The van der Waals surface area contributed by atoms with Crippen LogP contribution in [0.4, 0.5) is 10.3 Å². The van der Waals surface area contributed by atoms with Crippen molar-refractivity contribution in [2.45, 2.75) is 25.4 Å². The van der Waals surface area contributed by atoms with E-state index in [0.717, 1.165) is 48.6 Å². The predicted molar refractivity (Wildman–Crippen MR) is 92.5 cm³/mol. The molecule has 0 saturated carbocycles. The number of nitrogens with zero attached hydrogens (tertiary/aromatic N) is 3. The SMILES string of the molecule is Fc1ccc(Cn2c(NC3CCNCC3)nc3ncccc32)cc1. The van der Waals surface area contributed by atoms with Crippen LogP contribution in [0.25, 0.3) is 11.2 Å². The van der Waals surface area contributed by atoms with E-state index in [4.69, 9.17) is 0 Å². The van der Waals surface area contributed by atoms with E-state index in [9.17, 15) is 4.39 Å². The van der Waals surface area contributed by atoms with E-state index in [-0.39, 0.29) is 5.82 Å². The van der Waals surface area contributed by atoms with Crippen LogP contribution in [-0.2, 0) is 6.54 Å². The number of rotatable bonds is 4. The van der Waals surface area contributed by atoms with Gasteiger partial charge < -0.3 is 15.2 Å². The lowest BCUT2D eigenvalue weighted by Gasteiger charge is -2.24. The number of pyridine rings is 1. The summed E-state index contributed by atoms with van der Waals surface area (Å²) in [4.78, 5) is 9.03. The van der Waals surface area contributed by atoms with Crippen LogP contribution in [0.15, 0.2) is 42.6 Å². The zero-order valence-corrected chi connectivity index (χ0v) is 13.4. The number of piperidine rings is 1. The molecule has 0 aliphatic carbocycles. The molecule has 3 aromatic rings. The average Bonchev–Trinajstić information content (AvgIpc) is 2.95. The molecule has 1 aromatic carbocycles. The lowest BCUT2D eigenvalue weighted by atomic mass is 10.1. The van der Waals surface area contributed by atoms with Crippen molar-refractivity contribution < 1.29 is 4.39 Å². The Labute approximate surface area is 139 Å². The molecular formula is C18H20FN5. The number of aromatic nitrogens is 3. The van der Waals surface area contributed by atoms with Gasteiger partial charge in [-0.05, 0) is 55.8 Å². The molecule has 5 nitrogen and oxygen atoms in total. The first kappa shape index (κ1) is 15.1. The molecule has 3 heterocycles. The second-order valence-electron chi connectivity index (χ2n) is 6.16. The molecule has 2 aromatic heterocycles. The molecule has 1 saturated heterocycles. The van der Waals surface area contributed by atoms with Gasteiger partial charge in [0, 0.05) is 12.2 Å². The van der Waals surface area contributed by atoms with Crippen LogP contribution in [0.2, 0.25) is 0 Å². The Balaban J connectivity index is 1.68. The standard InChI is InChI=1S/C18H20FN5/c19-14-5-3-13(4-6-14)12-24-16-2-1-9-21-17(16)23-18(24)22-15-7-10-20-11-8-15/h1-6,9,15,20H,7-8,10-12H2,(H,21,22,23). The Hall–Kier alpha value is -2.47. The molecule has 0 bridgehead atoms. The molecule has 1 aliphatic heterocycles. The van der Waals surface area contributed by atoms with Crippen molar-refractivity contribution >= 4 is 17.1 Å². The molecule has 1 aliphatic rings. The minimum absolute atomic E-state index is 0.219. The lowest BCUT2D eigenvalue weighted by molar-refractivity contribution is 0.476. The third-order valence-electron chi connectivity index (χ3n) is 4.45. The maximum absolute atomic E-state index is 13.2. The highest BCUT2D eigenvalue weighted by Crippen LogP contribution is 2.22. The maximum atomic E-state index is 13.2. The van der Waals surface area contributed by atoms with Gasteiger partial charge in [-0.15, -0.1) is 0 Å². The van der Waals surface area contributed by atoms with E-state index in [1.807, 2.05) is 24.3 Å². The van der Waals surface area contributed by atoms with Crippen LogP contribution >= 0.6 is 0 Å². The Bertz CT molecular complexity index is 821. The van der Waals surface area contributed by atoms with Crippen molar-refractivity contribution in [3.05, 3.63) is 54.0 Å². The number of benzene rings is 1. The third kappa shape index (κ3) is 3.10. The number of imidazole rings is 1. The molecular weight excluding hydrogens is 305 g/mol. The lowest BCUT2D eigenvalue weighted by Crippen LogP contribution is -2.36. The third-order valence-corrected chi connectivity index (χ3v) is 4.45. The number of hydrogen-bond donors (Lipinski definition) is 2. The van der Waals surface area contributed by atoms with Crippen LogP contribution in [-0.4, -0.2) is 33.7 Å². The van der Waals surface area contributed by atoms with Crippen molar-refractivity contribution in [3.63, 3.8) is 0 Å². The normalized spacial score (nSPS) is 15.7. The first-order chi connectivity index (χ1) is 11.8. The Morgan fingerprint density at radius 3 is 2.75 bits per heavy atom. The van der Waals surface area contributed by atoms with E-state index in [0.29, 0.717) is 12.6 Å². The van der Waals surface area contributed by atoms with Crippen molar-refractivity contribution in [3.8, 4) is 0 Å². The zero-order valence-electron chi connectivity index (χ0n) is 13.4. The average molecular weight is 325 g/mol. The molecule has 1 fully saturated rings. The molecule has 6 heteroatoms. The van der Waals surface area contributed by atoms with Crippen LogP contribution in [0.1, 0.15) is 18.4 Å². The number of nitrogens with one attached hydrogen (secondary N) is 2. The van der Waals surface area contributed by atoms with Gasteiger partial charge in [0.15, 0.2) is 5.65 Å². The van der Waals surface area contributed by atoms with E-state index < -0.39 is 0 Å². The van der Waals surface area contributed by atoms with E-state index in [1.165, 1.54) is 12.1 Å². The van der Waals surface area contributed by atoms with Crippen LogP contribution < -0.4 is 10.6 Å². The molecule has 4 rings (SSSR count). The van der Waals surface area contributed by atoms with Crippen LogP contribution in [0.3, 0.4) is 0 Å². The minimum Gasteiger partial charge on any atom is -0.353 e. The fourth-order valence-electron chi connectivity index (χ4n) is 3.15. The van der Waals surface area contributed by atoms with Gasteiger partial charge in [-0.2, -0.15) is 4.98 Å². The molecule has 0 amide bonds. The summed E-state index contributed by atoms with van der Waals surface area (Å²) in [5.41, 5.74) is 2.75. The number of halogens is 1. The Morgan fingerprint density at radius 1 is 1.17 bits per heavy atom. The summed E-state index contributed by atoms with van der Waals surface area (Å²) in [5, 5.41) is 6.94. The van der Waals surface area contributed by atoms with Crippen molar-refractivity contribution in [1.82, 2.24) is 19.9 Å². The van der Waals surface area contributed by atoms with Gasteiger partial charge in [0.25, 0.3) is 0 Å². The zero-order chi connectivity index (χ0) is 16.4. The largest absolute Gasteiger partial charge is 0.353 e. The number of anilines is 1. The van der Waals surface area contributed by atoms with Crippen molar-refractivity contribution in [1.29, 1.82) is 0 Å². The van der Waals surface area contributed by atoms with Gasteiger partial charge in [0.1, 0.15) is 5.82 Å². The van der Waals surface area contributed by atoms with E-state index >= 15 is 0 Å². The molecule has 124 valence electrons. The highest BCUT2D eigenvalue weighted by molar-refractivity contribution is 5.74. The number of fused-ring (bicyclic) bond motifs is 1. The Kier molecular flexibility index (Phi) is 4.13. The monoisotopic (exact) mass is 325 g/mol.